The van der Waals surface area contributed by atoms with Gasteiger partial charge in [-0.2, -0.15) is 0 Å². The average Bonchev–Trinajstić information content (AvgIpc) is 2.37. The molecule has 0 aliphatic rings. The lowest BCUT2D eigenvalue weighted by Crippen LogP contribution is -2.31. The second kappa shape index (κ2) is 7.42. The van der Waals surface area contributed by atoms with E-state index in [-0.39, 0.29) is 16.9 Å². The second-order valence-corrected chi connectivity index (χ2v) is 4.67. The molecule has 4 N–H and O–H groups in total. The number of halogens is 2. The molecule has 0 unspecified atom stereocenters. The lowest BCUT2D eigenvalue weighted by atomic mass is 10.1. The van der Waals surface area contributed by atoms with Gasteiger partial charge in [0.2, 0.25) is 0 Å². The standard InChI is InChI=1S/C12H17BrFN3O2/c1-19-7-5-17(4-6-18)9-3-2-8(12(15)16)10(13)11(9)14/h2-3,18H,4-7H2,1H3,(H3,15,16). The highest BCUT2D eigenvalue weighted by atomic mass is 79.9. The zero-order chi connectivity index (χ0) is 14.4. The molecular weight excluding hydrogens is 317 g/mol. The van der Waals surface area contributed by atoms with Gasteiger partial charge in [-0.3, -0.25) is 5.41 Å². The lowest BCUT2D eigenvalue weighted by molar-refractivity contribution is 0.202. The Labute approximate surface area is 119 Å². The largest absolute Gasteiger partial charge is 0.395 e. The van der Waals surface area contributed by atoms with Crippen LogP contribution in [0.4, 0.5) is 10.1 Å². The van der Waals surface area contributed by atoms with Crippen LogP contribution in [0.15, 0.2) is 16.6 Å². The molecule has 1 rings (SSSR count). The summed E-state index contributed by atoms with van der Waals surface area (Å²) in [5.41, 5.74) is 6.00. The zero-order valence-corrected chi connectivity index (χ0v) is 12.2. The van der Waals surface area contributed by atoms with E-state index in [4.69, 9.17) is 21.0 Å². The Morgan fingerprint density at radius 2 is 2.21 bits per heavy atom. The fourth-order valence-electron chi connectivity index (χ4n) is 1.67. The molecule has 0 saturated carbocycles. The van der Waals surface area contributed by atoms with Gasteiger partial charge in [0.25, 0.3) is 0 Å². The molecule has 0 saturated heterocycles. The van der Waals surface area contributed by atoms with Gasteiger partial charge in [-0.1, -0.05) is 0 Å². The molecule has 0 heterocycles. The second-order valence-electron chi connectivity index (χ2n) is 3.88. The molecule has 19 heavy (non-hydrogen) atoms. The molecule has 1 aromatic rings. The highest BCUT2D eigenvalue weighted by molar-refractivity contribution is 9.10. The number of nitrogens with two attached hydrogens (primary N) is 1. The summed E-state index contributed by atoms with van der Waals surface area (Å²) >= 11 is 3.10. The number of anilines is 1. The fraction of sp³-hybridized carbons (Fsp3) is 0.417. The van der Waals surface area contributed by atoms with Crippen LogP contribution in [0.1, 0.15) is 5.56 Å². The molecule has 0 aliphatic carbocycles. The van der Waals surface area contributed by atoms with Crippen LogP contribution < -0.4 is 10.6 Å². The summed E-state index contributed by atoms with van der Waals surface area (Å²) < 4.78 is 19.4. The molecule has 1 aromatic carbocycles. The van der Waals surface area contributed by atoms with Crippen molar-refractivity contribution in [1.82, 2.24) is 0 Å². The van der Waals surface area contributed by atoms with Crippen LogP contribution >= 0.6 is 15.9 Å². The van der Waals surface area contributed by atoms with Crippen molar-refractivity contribution in [2.24, 2.45) is 5.73 Å². The van der Waals surface area contributed by atoms with Gasteiger partial charge in [0.05, 0.1) is 23.4 Å². The number of aliphatic hydroxyl groups is 1. The molecule has 106 valence electrons. The van der Waals surface area contributed by atoms with Crippen LogP contribution in [0.25, 0.3) is 0 Å². The predicted octanol–water partition coefficient (Wildman–Crippen LogP) is 1.32. The van der Waals surface area contributed by atoms with Gasteiger partial charge in [-0.05, 0) is 28.1 Å². The van der Waals surface area contributed by atoms with E-state index in [1.807, 2.05) is 0 Å². The number of hydrogen-bond donors (Lipinski definition) is 3. The van der Waals surface area contributed by atoms with Crippen LogP contribution in [-0.4, -0.2) is 44.4 Å². The molecule has 0 bridgehead atoms. The maximum atomic E-state index is 14.3. The highest BCUT2D eigenvalue weighted by Crippen LogP contribution is 2.29. The number of nitrogens with zero attached hydrogens (tertiary/aromatic N) is 1. The van der Waals surface area contributed by atoms with E-state index in [2.05, 4.69) is 15.9 Å². The number of hydrogen-bond acceptors (Lipinski definition) is 4. The quantitative estimate of drug-likeness (QED) is 0.519. The zero-order valence-electron chi connectivity index (χ0n) is 10.6. The molecule has 0 aromatic heterocycles. The Hall–Kier alpha value is -1.18. The van der Waals surface area contributed by atoms with Crippen LogP contribution in [0.5, 0.6) is 0 Å². The van der Waals surface area contributed by atoms with E-state index in [9.17, 15) is 4.39 Å². The predicted molar refractivity (Wildman–Crippen MR) is 76.3 cm³/mol. The first-order chi connectivity index (χ1) is 9.02. The molecule has 0 aliphatic heterocycles. The first-order valence-corrected chi connectivity index (χ1v) is 6.49. The summed E-state index contributed by atoms with van der Waals surface area (Å²) in [4.78, 5) is 1.67. The van der Waals surface area contributed by atoms with Crippen molar-refractivity contribution in [3.63, 3.8) is 0 Å². The van der Waals surface area contributed by atoms with Crippen LogP contribution in [0, 0.1) is 11.2 Å². The number of benzene rings is 1. The third-order valence-corrected chi connectivity index (χ3v) is 3.40. The van der Waals surface area contributed by atoms with Gasteiger partial charge in [-0.15, -0.1) is 0 Å². The van der Waals surface area contributed by atoms with Crippen molar-refractivity contribution in [2.75, 3.05) is 38.3 Å². The minimum Gasteiger partial charge on any atom is -0.395 e. The van der Waals surface area contributed by atoms with E-state index in [0.29, 0.717) is 30.9 Å². The van der Waals surface area contributed by atoms with Crippen molar-refractivity contribution >= 4 is 27.5 Å². The molecule has 0 radical (unpaired) electrons. The molecule has 5 nitrogen and oxygen atoms in total. The highest BCUT2D eigenvalue weighted by Gasteiger charge is 2.17. The molecule has 0 fully saturated rings. The third kappa shape index (κ3) is 3.89. The molecular formula is C12H17BrFN3O2. The number of aliphatic hydroxyl groups excluding tert-OH is 1. The summed E-state index contributed by atoms with van der Waals surface area (Å²) in [5.74, 6) is -0.708. The smallest absolute Gasteiger partial charge is 0.161 e. The van der Waals surface area contributed by atoms with Crippen LogP contribution in [0.3, 0.4) is 0 Å². The number of rotatable bonds is 7. The Bertz CT molecular complexity index is 457. The van der Waals surface area contributed by atoms with Crippen molar-refractivity contribution in [3.05, 3.63) is 28.0 Å². The number of amidine groups is 1. The van der Waals surface area contributed by atoms with Crippen molar-refractivity contribution in [1.29, 1.82) is 5.41 Å². The minimum atomic E-state index is -0.503. The minimum absolute atomic E-state index is 0.0881. The molecule has 7 heteroatoms. The summed E-state index contributed by atoms with van der Waals surface area (Å²) in [6, 6.07) is 3.12. The fourth-order valence-corrected chi connectivity index (χ4v) is 2.22. The van der Waals surface area contributed by atoms with Gasteiger partial charge in [0.1, 0.15) is 5.84 Å². The van der Waals surface area contributed by atoms with Crippen molar-refractivity contribution in [3.8, 4) is 0 Å². The van der Waals surface area contributed by atoms with Gasteiger partial charge in [-0.25, -0.2) is 4.39 Å². The van der Waals surface area contributed by atoms with Crippen molar-refractivity contribution in [2.45, 2.75) is 0 Å². The van der Waals surface area contributed by atoms with E-state index in [1.165, 1.54) is 0 Å². The van der Waals surface area contributed by atoms with E-state index >= 15 is 0 Å². The normalized spacial score (nSPS) is 10.5. The average molecular weight is 334 g/mol. The Morgan fingerprint density at radius 3 is 2.74 bits per heavy atom. The van der Waals surface area contributed by atoms with Crippen LogP contribution in [0.2, 0.25) is 0 Å². The monoisotopic (exact) mass is 333 g/mol. The number of ether oxygens (including phenoxy) is 1. The summed E-state index contributed by atoms with van der Waals surface area (Å²) in [6.07, 6.45) is 0. The lowest BCUT2D eigenvalue weighted by Gasteiger charge is -2.25. The Balaban J connectivity index is 3.10. The topological polar surface area (TPSA) is 82.6 Å². The van der Waals surface area contributed by atoms with Gasteiger partial charge in [0.15, 0.2) is 5.82 Å². The van der Waals surface area contributed by atoms with E-state index in [1.54, 1.807) is 24.1 Å². The molecule has 0 spiro atoms. The first-order valence-electron chi connectivity index (χ1n) is 5.70. The van der Waals surface area contributed by atoms with Crippen LogP contribution in [-0.2, 0) is 4.74 Å². The van der Waals surface area contributed by atoms with Gasteiger partial charge >= 0.3 is 0 Å². The Morgan fingerprint density at radius 1 is 1.53 bits per heavy atom. The van der Waals surface area contributed by atoms with Gasteiger partial charge < -0.3 is 20.5 Å². The number of nitrogens with one attached hydrogen (secondary N) is 1. The maximum absolute atomic E-state index is 14.3. The summed E-state index contributed by atoms with van der Waals surface area (Å²) in [5, 5.41) is 16.4. The molecule has 0 amide bonds. The summed E-state index contributed by atoms with van der Waals surface area (Å²) in [7, 11) is 1.56. The van der Waals surface area contributed by atoms with Crippen molar-refractivity contribution < 1.29 is 14.2 Å². The summed E-state index contributed by atoms with van der Waals surface area (Å²) in [6.45, 7) is 1.09. The number of methoxy groups -OCH3 is 1. The molecule has 0 atom stereocenters. The maximum Gasteiger partial charge on any atom is 0.161 e. The number of nitrogen functional groups attached to an aromatic ring is 1. The van der Waals surface area contributed by atoms with E-state index in [0.717, 1.165) is 0 Å². The third-order valence-electron chi connectivity index (χ3n) is 2.63. The SMILES string of the molecule is COCCN(CCO)c1ccc(C(=N)N)c(Br)c1F. The van der Waals surface area contributed by atoms with E-state index < -0.39 is 5.82 Å². The van der Waals surface area contributed by atoms with Gasteiger partial charge in [0, 0.05) is 25.8 Å². The Kier molecular flexibility index (Phi) is 6.20. The first kappa shape index (κ1) is 15.9.